The molecular weight excluding hydrogens is 531 g/mol. The minimum Gasteiger partial charge on any atom is -0.493 e. The smallest absolute Gasteiger partial charge is 0.338 e. The van der Waals surface area contributed by atoms with Crippen LogP contribution in [0.5, 0.6) is 11.5 Å². The quantitative estimate of drug-likeness (QED) is 0.279. The van der Waals surface area contributed by atoms with E-state index in [0.717, 1.165) is 24.2 Å². The van der Waals surface area contributed by atoms with Crippen molar-refractivity contribution in [3.05, 3.63) is 89.3 Å². The van der Waals surface area contributed by atoms with Gasteiger partial charge >= 0.3 is 5.97 Å². The number of fused-ring (bicyclic) bond motifs is 1. The number of hydrogen-bond donors (Lipinski definition) is 0. The summed E-state index contributed by atoms with van der Waals surface area (Å²) in [6.07, 6.45) is 3.29. The number of allylic oxidation sites excluding steroid dienone is 1. The highest BCUT2D eigenvalue weighted by Crippen LogP contribution is 2.36. The SMILES string of the molecule is CCCCOc1ccc(C2C(C(=O)OCC)=C(C)N=c3s/c(=C\c4c(F)cccc4Cl)c(=O)n32)cc1OC. The molecule has 38 heavy (non-hydrogen) atoms. The van der Waals surface area contributed by atoms with Crippen molar-refractivity contribution >= 4 is 35.0 Å². The second kappa shape index (κ2) is 12.0. The molecule has 7 nitrogen and oxygen atoms in total. The highest BCUT2D eigenvalue weighted by atomic mass is 35.5. The molecule has 0 fully saturated rings. The van der Waals surface area contributed by atoms with Gasteiger partial charge in [-0.2, -0.15) is 0 Å². The molecule has 0 bridgehead atoms. The lowest BCUT2D eigenvalue weighted by Crippen LogP contribution is -2.40. The lowest BCUT2D eigenvalue weighted by Gasteiger charge is -2.25. The van der Waals surface area contributed by atoms with E-state index in [4.69, 9.17) is 25.8 Å². The minimum absolute atomic E-state index is 0.104. The molecule has 0 saturated carbocycles. The fourth-order valence-electron chi connectivity index (χ4n) is 4.19. The molecule has 1 atom stereocenters. The van der Waals surface area contributed by atoms with E-state index in [-0.39, 0.29) is 27.3 Å². The Morgan fingerprint density at radius 2 is 2.03 bits per heavy atom. The van der Waals surface area contributed by atoms with Crippen LogP contribution in [0, 0.1) is 5.82 Å². The number of carbonyl (C=O) groups is 1. The summed E-state index contributed by atoms with van der Waals surface area (Å²) in [5.74, 6) is -0.0967. The van der Waals surface area contributed by atoms with Crippen LogP contribution in [0.4, 0.5) is 4.39 Å². The molecule has 0 aliphatic carbocycles. The lowest BCUT2D eigenvalue weighted by atomic mass is 9.95. The molecule has 200 valence electrons. The second-order valence-electron chi connectivity index (χ2n) is 8.55. The molecule has 2 heterocycles. The van der Waals surface area contributed by atoms with E-state index in [2.05, 4.69) is 11.9 Å². The summed E-state index contributed by atoms with van der Waals surface area (Å²) >= 11 is 7.30. The van der Waals surface area contributed by atoms with E-state index in [9.17, 15) is 14.0 Å². The number of unbranched alkanes of at least 4 members (excludes halogenated alkanes) is 1. The van der Waals surface area contributed by atoms with Gasteiger partial charge in [-0.25, -0.2) is 14.2 Å². The van der Waals surface area contributed by atoms with Crippen molar-refractivity contribution in [2.24, 2.45) is 4.99 Å². The Balaban J connectivity index is 1.92. The molecule has 1 unspecified atom stereocenters. The Labute approximate surface area is 228 Å². The fraction of sp³-hybridized carbons (Fsp3) is 0.321. The summed E-state index contributed by atoms with van der Waals surface area (Å²) in [5.41, 5.74) is 0.935. The number of carbonyl (C=O) groups excluding carboxylic acids is 1. The van der Waals surface area contributed by atoms with Gasteiger partial charge in [-0.15, -0.1) is 0 Å². The first-order chi connectivity index (χ1) is 18.3. The molecule has 0 saturated heterocycles. The Morgan fingerprint density at radius 3 is 2.71 bits per heavy atom. The predicted octanol–water partition coefficient (Wildman–Crippen LogP) is 4.78. The number of benzene rings is 2. The Morgan fingerprint density at radius 1 is 1.24 bits per heavy atom. The average molecular weight is 559 g/mol. The molecule has 1 aliphatic rings. The molecule has 0 N–H and O–H groups in total. The Hall–Kier alpha value is -3.43. The minimum atomic E-state index is -0.845. The van der Waals surface area contributed by atoms with E-state index in [1.807, 2.05) is 0 Å². The van der Waals surface area contributed by atoms with Crippen LogP contribution in [0.1, 0.15) is 50.8 Å². The molecule has 2 aromatic carbocycles. The highest BCUT2D eigenvalue weighted by Gasteiger charge is 2.34. The molecular formula is C28H28ClFN2O5S. The van der Waals surface area contributed by atoms with Gasteiger partial charge in [-0.05, 0) is 56.2 Å². The van der Waals surface area contributed by atoms with Crippen molar-refractivity contribution in [2.45, 2.75) is 39.7 Å². The Bertz CT molecular complexity index is 1560. The summed E-state index contributed by atoms with van der Waals surface area (Å²) in [4.78, 5) is 31.8. The van der Waals surface area contributed by atoms with Crippen LogP contribution in [-0.2, 0) is 9.53 Å². The third kappa shape index (κ3) is 5.39. The van der Waals surface area contributed by atoms with Crippen molar-refractivity contribution in [3.63, 3.8) is 0 Å². The van der Waals surface area contributed by atoms with Gasteiger partial charge in [0.15, 0.2) is 16.3 Å². The number of halogens is 2. The van der Waals surface area contributed by atoms with E-state index in [1.54, 1.807) is 38.1 Å². The normalized spacial score (nSPS) is 15.2. The van der Waals surface area contributed by atoms with Crippen LogP contribution in [0.3, 0.4) is 0 Å². The number of esters is 1. The summed E-state index contributed by atoms with van der Waals surface area (Å²) < 4.78 is 32.9. The largest absolute Gasteiger partial charge is 0.493 e. The zero-order valence-electron chi connectivity index (χ0n) is 21.5. The van der Waals surface area contributed by atoms with Gasteiger partial charge in [0.1, 0.15) is 5.82 Å². The molecule has 3 aromatic rings. The number of aromatic nitrogens is 1. The maximum Gasteiger partial charge on any atom is 0.338 e. The molecule has 1 aromatic heterocycles. The average Bonchev–Trinajstić information content (AvgIpc) is 3.20. The molecule has 0 amide bonds. The van der Waals surface area contributed by atoms with Crippen molar-refractivity contribution in [1.29, 1.82) is 0 Å². The number of rotatable bonds is 9. The van der Waals surface area contributed by atoms with Gasteiger partial charge < -0.3 is 14.2 Å². The zero-order chi connectivity index (χ0) is 27.4. The molecule has 0 spiro atoms. The van der Waals surface area contributed by atoms with E-state index in [1.165, 1.54) is 29.9 Å². The van der Waals surface area contributed by atoms with Crippen molar-refractivity contribution in [1.82, 2.24) is 4.57 Å². The lowest BCUT2D eigenvalue weighted by molar-refractivity contribution is -0.139. The first kappa shape index (κ1) is 27.6. The van der Waals surface area contributed by atoms with Crippen LogP contribution in [0.15, 0.2) is 57.5 Å². The van der Waals surface area contributed by atoms with Crippen molar-refractivity contribution in [3.8, 4) is 11.5 Å². The third-order valence-corrected chi connectivity index (χ3v) is 7.36. The van der Waals surface area contributed by atoms with Crippen LogP contribution < -0.4 is 24.4 Å². The zero-order valence-corrected chi connectivity index (χ0v) is 23.1. The topological polar surface area (TPSA) is 79.1 Å². The van der Waals surface area contributed by atoms with Gasteiger partial charge in [0.05, 0.1) is 47.2 Å². The number of ether oxygens (including phenoxy) is 3. The van der Waals surface area contributed by atoms with Crippen LogP contribution in [0.25, 0.3) is 6.08 Å². The fourth-order valence-corrected chi connectivity index (χ4v) is 5.43. The standard InChI is InChI=1S/C28H28ClFN2O5S/c1-5-7-13-37-21-12-11-17(14-22(21)35-4)25-24(27(34)36-6-2)16(3)31-28-32(25)26(33)23(38-28)15-18-19(29)9-8-10-20(18)30/h8-12,14-15,25H,5-7,13H2,1-4H3/b23-15-. The van der Waals surface area contributed by atoms with E-state index in [0.29, 0.717) is 34.2 Å². The predicted molar refractivity (Wildman–Crippen MR) is 145 cm³/mol. The molecule has 10 heteroatoms. The monoisotopic (exact) mass is 558 g/mol. The maximum absolute atomic E-state index is 14.5. The first-order valence-electron chi connectivity index (χ1n) is 12.2. The summed E-state index contributed by atoms with van der Waals surface area (Å²) in [5, 5.41) is 0.180. The second-order valence-corrected chi connectivity index (χ2v) is 9.97. The third-order valence-electron chi connectivity index (χ3n) is 6.05. The number of methoxy groups -OCH3 is 1. The summed E-state index contributed by atoms with van der Waals surface area (Å²) in [7, 11) is 1.53. The molecule has 0 radical (unpaired) electrons. The first-order valence-corrected chi connectivity index (χ1v) is 13.4. The van der Waals surface area contributed by atoms with Crippen LogP contribution >= 0.6 is 22.9 Å². The van der Waals surface area contributed by atoms with Gasteiger partial charge in [0, 0.05) is 5.56 Å². The van der Waals surface area contributed by atoms with Crippen molar-refractivity contribution < 1.29 is 23.4 Å². The highest BCUT2D eigenvalue weighted by molar-refractivity contribution is 7.07. The van der Waals surface area contributed by atoms with Crippen LogP contribution in [-0.4, -0.2) is 30.9 Å². The number of hydrogen-bond acceptors (Lipinski definition) is 7. The van der Waals surface area contributed by atoms with E-state index >= 15 is 0 Å². The van der Waals surface area contributed by atoms with E-state index < -0.39 is 23.4 Å². The summed E-state index contributed by atoms with van der Waals surface area (Å²) in [6, 6.07) is 8.77. The van der Waals surface area contributed by atoms with Gasteiger partial charge in [-0.3, -0.25) is 9.36 Å². The van der Waals surface area contributed by atoms with Crippen molar-refractivity contribution in [2.75, 3.05) is 20.3 Å². The maximum atomic E-state index is 14.5. The number of thiazole rings is 1. The summed E-state index contributed by atoms with van der Waals surface area (Å²) in [6.45, 7) is 6.18. The number of nitrogens with zero attached hydrogens (tertiary/aromatic N) is 2. The molecule has 4 rings (SSSR count). The van der Waals surface area contributed by atoms with Gasteiger partial charge in [-0.1, -0.05) is 48.4 Å². The van der Waals surface area contributed by atoms with Gasteiger partial charge in [0.25, 0.3) is 5.56 Å². The molecule has 1 aliphatic heterocycles. The van der Waals surface area contributed by atoms with Gasteiger partial charge in [0.2, 0.25) is 0 Å². The Kier molecular flexibility index (Phi) is 8.69. The van der Waals surface area contributed by atoms with Crippen LogP contribution in [0.2, 0.25) is 5.02 Å².